The van der Waals surface area contributed by atoms with Crippen LogP contribution in [0.2, 0.25) is 0 Å². The maximum atomic E-state index is 12.9. The number of rotatable bonds is 6. The van der Waals surface area contributed by atoms with E-state index in [1.165, 1.54) is 25.8 Å². The van der Waals surface area contributed by atoms with Crippen molar-refractivity contribution in [2.24, 2.45) is 0 Å². The number of carbonyl (C=O) groups excluding carboxylic acids is 1. The van der Waals surface area contributed by atoms with Crippen molar-refractivity contribution in [2.45, 2.75) is 38.3 Å². The van der Waals surface area contributed by atoms with Gasteiger partial charge in [-0.3, -0.25) is 14.2 Å². The molecule has 2 aromatic carbocycles. The third-order valence-electron chi connectivity index (χ3n) is 5.75. The number of fused-ring (bicyclic) bond motifs is 2. The summed E-state index contributed by atoms with van der Waals surface area (Å²) in [4.78, 5) is 40.6. The minimum absolute atomic E-state index is 0.0152. The van der Waals surface area contributed by atoms with E-state index < -0.39 is 11.2 Å². The Bertz CT molecular complexity index is 1240. The number of aromatic nitrogens is 2. The zero-order chi connectivity index (χ0) is 22.0. The standard InChI is InChI=1S/C23H25N3O5/c1-30-19-12-16-18(13-20(19)31-2)25-23(29)26(22(16)28)11-10-21(27)24-17-9-5-7-14-6-3-4-8-15(14)17/h3-4,6,8,12-13,17H,5,7,9-11H2,1-2H3,(H,24,27)(H,25,29). The van der Waals surface area contributed by atoms with Gasteiger partial charge in [0.2, 0.25) is 5.91 Å². The first-order chi connectivity index (χ1) is 15.0. The van der Waals surface area contributed by atoms with Gasteiger partial charge in [-0.25, -0.2) is 4.79 Å². The fourth-order valence-electron chi connectivity index (χ4n) is 4.17. The Morgan fingerprint density at radius 1 is 1.16 bits per heavy atom. The van der Waals surface area contributed by atoms with Crippen LogP contribution in [0, 0.1) is 0 Å². The summed E-state index contributed by atoms with van der Waals surface area (Å²) in [6.07, 6.45) is 2.93. The number of ether oxygens (including phenoxy) is 2. The summed E-state index contributed by atoms with van der Waals surface area (Å²) in [5.41, 5.74) is 1.71. The number of amides is 1. The number of aromatic amines is 1. The molecule has 0 spiro atoms. The summed E-state index contributed by atoms with van der Waals surface area (Å²) in [5.74, 6) is 0.606. The van der Waals surface area contributed by atoms with E-state index in [2.05, 4.69) is 16.4 Å². The highest BCUT2D eigenvalue weighted by atomic mass is 16.5. The molecule has 2 N–H and O–H groups in total. The lowest BCUT2D eigenvalue weighted by Gasteiger charge is -2.26. The lowest BCUT2D eigenvalue weighted by Crippen LogP contribution is -2.37. The Morgan fingerprint density at radius 3 is 2.68 bits per heavy atom. The molecule has 1 aliphatic carbocycles. The molecule has 0 bridgehead atoms. The average Bonchev–Trinajstić information content (AvgIpc) is 2.78. The fourth-order valence-corrected chi connectivity index (χ4v) is 4.17. The molecule has 1 amide bonds. The van der Waals surface area contributed by atoms with Crippen molar-refractivity contribution >= 4 is 16.8 Å². The van der Waals surface area contributed by atoms with Gasteiger partial charge in [0.25, 0.3) is 5.56 Å². The van der Waals surface area contributed by atoms with Crippen LogP contribution in [-0.2, 0) is 17.8 Å². The minimum atomic E-state index is -0.569. The van der Waals surface area contributed by atoms with Crippen LogP contribution in [0.25, 0.3) is 10.9 Å². The Kier molecular flexibility index (Phi) is 5.79. The molecule has 1 aliphatic rings. The third kappa shape index (κ3) is 4.05. The topological polar surface area (TPSA) is 102 Å². The first-order valence-corrected chi connectivity index (χ1v) is 10.3. The molecule has 0 radical (unpaired) electrons. The second-order valence-corrected chi connectivity index (χ2v) is 7.60. The summed E-state index contributed by atoms with van der Waals surface area (Å²) in [5, 5.41) is 3.34. The van der Waals surface area contributed by atoms with Crippen LogP contribution in [0.15, 0.2) is 46.0 Å². The first kappa shape index (κ1) is 20.7. The second kappa shape index (κ2) is 8.67. The first-order valence-electron chi connectivity index (χ1n) is 10.3. The van der Waals surface area contributed by atoms with Crippen molar-refractivity contribution in [3.63, 3.8) is 0 Å². The largest absolute Gasteiger partial charge is 0.493 e. The lowest BCUT2D eigenvalue weighted by molar-refractivity contribution is -0.122. The van der Waals surface area contributed by atoms with Gasteiger partial charge in [-0.05, 0) is 36.5 Å². The molecule has 3 aromatic rings. The molecule has 0 saturated carbocycles. The number of carbonyl (C=O) groups is 1. The molecule has 1 heterocycles. The molecule has 0 fully saturated rings. The van der Waals surface area contributed by atoms with Crippen LogP contribution in [0.3, 0.4) is 0 Å². The number of benzene rings is 2. The Labute approximate surface area is 178 Å². The van der Waals surface area contributed by atoms with Gasteiger partial charge in [0.05, 0.1) is 31.2 Å². The van der Waals surface area contributed by atoms with Gasteiger partial charge in [0.1, 0.15) is 0 Å². The predicted molar refractivity (Wildman–Crippen MR) is 117 cm³/mol. The zero-order valence-electron chi connectivity index (χ0n) is 17.6. The molecule has 0 aliphatic heterocycles. The molecule has 1 aromatic heterocycles. The van der Waals surface area contributed by atoms with Crippen LogP contribution in [0.4, 0.5) is 0 Å². The Morgan fingerprint density at radius 2 is 1.90 bits per heavy atom. The molecule has 162 valence electrons. The van der Waals surface area contributed by atoms with Crippen LogP contribution >= 0.6 is 0 Å². The lowest BCUT2D eigenvalue weighted by atomic mass is 9.88. The predicted octanol–water partition coefficient (Wildman–Crippen LogP) is 2.29. The van der Waals surface area contributed by atoms with Crippen LogP contribution in [0.5, 0.6) is 11.5 Å². The molecule has 0 saturated heterocycles. The van der Waals surface area contributed by atoms with Crippen molar-refractivity contribution in [1.29, 1.82) is 0 Å². The van der Waals surface area contributed by atoms with Crippen LogP contribution < -0.4 is 26.0 Å². The van der Waals surface area contributed by atoms with E-state index in [9.17, 15) is 14.4 Å². The van der Waals surface area contributed by atoms with Crippen LogP contribution in [0.1, 0.15) is 36.4 Å². The van der Waals surface area contributed by atoms with Crippen LogP contribution in [-0.4, -0.2) is 29.7 Å². The van der Waals surface area contributed by atoms with Gasteiger partial charge in [-0.15, -0.1) is 0 Å². The summed E-state index contributed by atoms with van der Waals surface area (Å²) in [6.45, 7) is -0.0152. The highest BCUT2D eigenvalue weighted by Crippen LogP contribution is 2.30. The molecule has 8 heteroatoms. The quantitative estimate of drug-likeness (QED) is 0.633. The Hall–Kier alpha value is -3.55. The summed E-state index contributed by atoms with van der Waals surface area (Å²) >= 11 is 0. The second-order valence-electron chi connectivity index (χ2n) is 7.60. The molecule has 8 nitrogen and oxygen atoms in total. The van der Waals surface area contributed by atoms with E-state index in [4.69, 9.17) is 9.47 Å². The van der Waals surface area contributed by atoms with E-state index in [0.717, 1.165) is 29.4 Å². The van der Waals surface area contributed by atoms with E-state index >= 15 is 0 Å². The molecular weight excluding hydrogens is 398 g/mol. The van der Waals surface area contributed by atoms with Crippen molar-refractivity contribution in [3.8, 4) is 11.5 Å². The highest BCUT2D eigenvalue weighted by molar-refractivity contribution is 5.81. The molecule has 1 atom stereocenters. The van der Waals surface area contributed by atoms with E-state index in [1.54, 1.807) is 6.07 Å². The van der Waals surface area contributed by atoms with Crippen molar-refractivity contribution in [1.82, 2.24) is 14.9 Å². The third-order valence-corrected chi connectivity index (χ3v) is 5.75. The Balaban J connectivity index is 1.53. The minimum Gasteiger partial charge on any atom is -0.493 e. The molecule has 1 unspecified atom stereocenters. The normalized spacial score (nSPS) is 15.4. The smallest absolute Gasteiger partial charge is 0.328 e. The van der Waals surface area contributed by atoms with E-state index in [1.807, 2.05) is 18.2 Å². The van der Waals surface area contributed by atoms with Crippen molar-refractivity contribution in [2.75, 3.05) is 14.2 Å². The summed E-state index contributed by atoms with van der Waals surface area (Å²) in [7, 11) is 2.95. The molecule has 4 rings (SSSR count). The summed E-state index contributed by atoms with van der Waals surface area (Å²) < 4.78 is 11.5. The number of methoxy groups -OCH3 is 2. The van der Waals surface area contributed by atoms with E-state index in [-0.39, 0.29) is 24.9 Å². The van der Waals surface area contributed by atoms with Crippen molar-refractivity contribution < 1.29 is 14.3 Å². The summed E-state index contributed by atoms with van der Waals surface area (Å²) in [6, 6.07) is 11.1. The highest BCUT2D eigenvalue weighted by Gasteiger charge is 2.21. The van der Waals surface area contributed by atoms with Gasteiger partial charge in [-0.1, -0.05) is 24.3 Å². The number of hydrogen-bond donors (Lipinski definition) is 2. The number of nitrogens with zero attached hydrogens (tertiary/aromatic N) is 1. The number of nitrogens with one attached hydrogen (secondary N) is 2. The number of H-pyrrole nitrogens is 1. The molecule has 31 heavy (non-hydrogen) atoms. The zero-order valence-corrected chi connectivity index (χ0v) is 17.6. The SMILES string of the molecule is COc1cc2[nH]c(=O)n(CCC(=O)NC3CCCc4ccccc43)c(=O)c2cc1OC. The van der Waals surface area contributed by atoms with Gasteiger partial charge in [0.15, 0.2) is 11.5 Å². The van der Waals surface area contributed by atoms with Gasteiger partial charge < -0.3 is 19.8 Å². The fraction of sp³-hybridized carbons (Fsp3) is 0.348. The monoisotopic (exact) mass is 423 g/mol. The van der Waals surface area contributed by atoms with Gasteiger partial charge >= 0.3 is 5.69 Å². The average molecular weight is 423 g/mol. The van der Waals surface area contributed by atoms with Gasteiger partial charge in [-0.2, -0.15) is 0 Å². The number of aryl methyl sites for hydroxylation is 1. The van der Waals surface area contributed by atoms with Gasteiger partial charge in [0, 0.05) is 19.0 Å². The molecular formula is C23H25N3O5. The maximum absolute atomic E-state index is 12.9. The van der Waals surface area contributed by atoms with Crippen molar-refractivity contribution in [3.05, 3.63) is 68.4 Å². The van der Waals surface area contributed by atoms with E-state index in [0.29, 0.717) is 22.4 Å². The number of hydrogen-bond acceptors (Lipinski definition) is 5. The maximum Gasteiger partial charge on any atom is 0.328 e.